The molecule has 2 aromatic rings. The third kappa shape index (κ3) is 2.32. The molecular weight excluding hydrogens is 259 g/mol. The van der Waals surface area contributed by atoms with E-state index in [1.165, 1.54) is 12.1 Å². The Labute approximate surface area is 117 Å². The van der Waals surface area contributed by atoms with Crippen molar-refractivity contribution in [3.05, 3.63) is 35.3 Å². The second kappa shape index (κ2) is 5.52. The maximum Gasteiger partial charge on any atom is 0.134 e. The van der Waals surface area contributed by atoms with Crippen LogP contribution in [0.15, 0.2) is 22.6 Å². The number of furan rings is 1. The Balaban J connectivity index is 2.00. The third-order valence-corrected chi connectivity index (χ3v) is 4.06. The van der Waals surface area contributed by atoms with Crippen LogP contribution in [0.4, 0.5) is 4.39 Å². The molecule has 20 heavy (non-hydrogen) atoms. The number of hydrogen-bond acceptors (Lipinski definition) is 4. The van der Waals surface area contributed by atoms with Crippen LogP contribution in [0.2, 0.25) is 0 Å². The summed E-state index contributed by atoms with van der Waals surface area (Å²) in [6.07, 6.45) is 2.07. The second-order valence-electron chi connectivity index (χ2n) is 5.35. The number of halogens is 1. The zero-order valence-corrected chi connectivity index (χ0v) is 11.5. The van der Waals surface area contributed by atoms with Crippen molar-refractivity contribution in [2.75, 3.05) is 13.2 Å². The van der Waals surface area contributed by atoms with Crippen LogP contribution >= 0.6 is 0 Å². The van der Waals surface area contributed by atoms with Crippen LogP contribution in [0.1, 0.15) is 30.2 Å². The van der Waals surface area contributed by atoms with Crippen molar-refractivity contribution in [3.8, 4) is 0 Å². The molecule has 0 radical (unpaired) electrons. The van der Waals surface area contributed by atoms with Crippen LogP contribution < -0.4 is 11.3 Å². The molecule has 0 bridgehead atoms. The van der Waals surface area contributed by atoms with Crippen molar-refractivity contribution in [3.63, 3.8) is 0 Å². The van der Waals surface area contributed by atoms with Crippen molar-refractivity contribution in [1.82, 2.24) is 5.43 Å². The molecule has 1 saturated heterocycles. The van der Waals surface area contributed by atoms with Gasteiger partial charge in [-0.25, -0.2) is 9.82 Å². The lowest BCUT2D eigenvalue weighted by Gasteiger charge is -2.28. The second-order valence-corrected chi connectivity index (χ2v) is 5.35. The van der Waals surface area contributed by atoms with Gasteiger partial charge in [0.2, 0.25) is 0 Å². The summed E-state index contributed by atoms with van der Waals surface area (Å²) in [5.41, 5.74) is 4.47. The summed E-state index contributed by atoms with van der Waals surface area (Å²) in [4.78, 5) is 0. The average Bonchev–Trinajstić information content (AvgIpc) is 2.78. The van der Waals surface area contributed by atoms with Crippen molar-refractivity contribution >= 4 is 11.0 Å². The number of nitrogens with two attached hydrogens (primary N) is 1. The van der Waals surface area contributed by atoms with Gasteiger partial charge in [-0.2, -0.15) is 0 Å². The fourth-order valence-corrected chi connectivity index (χ4v) is 2.96. The van der Waals surface area contributed by atoms with Gasteiger partial charge in [0.1, 0.15) is 17.2 Å². The summed E-state index contributed by atoms with van der Waals surface area (Å²) in [6.45, 7) is 3.41. The molecule has 0 saturated carbocycles. The van der Waals surface area contributed by atoms with E-state index in [1.54, 1.807) is 6.07 Å². The Bertz CT molecular complexity index is 605. The molecule has 5 heteroatoms. The fourth-order valence-electron chi connectivity index (χ4n) is 2.96. The first-order valence-electron chi connectivity index (χ1n) is 6.93. The first-order valence-corrected chi connectivity index (χ1v) is 6.93. The van der Waals surface area contributed by atoms with E-state index in [-0.39, 0.29) is 17.8 Å². The molecular formula is C15H19FN2O2. The monoisotopic (exact) mass is 278 g/mol. The molecule has 1 aromatic carbocycles. The minimum Gasteiger partial charge on any atom is -0.459 e. The summed E-state index contributed by atoms with van der Waals surface area (Å²) in [5, 5.41) is 0.803. The van der Waals surface area contributed by atoms with Crippen molar-refractivity contribution in [2.24, 2.45) is 11.8 Å². The van der Waals surface area contributed by atoms with E-state index in [4.69, 9.17) is 15.0 Å². The van der Waals surface area contributed by atoms with Crippen molar-refractivity contribution < 1.29 is 13.5 Å². The first-order chi connectivity index (χ1) is 9.70. The quantitative estimate of drug-likeness (QED) is 0.669. The number of hydrazine groups is 1. The number of ether oxygens (including phenoxy) is 1. The van der Waals surface area contributed by atoms with Gasteiger partial charge < -0.3 is 9.15 Å². The Kier molecular flexibility index (Phi) is 3.74. The lowest BCUT2D eigenvalue weighted by atomic mass is 9.91. The summed E-state index contributed by atoms with van der Waals surface area (Å²) in [7, 11) is 0. The van der Waals surface area contributed by atoms with E-state index in [1.807, 2.05) is 6.92 Å². The zero-order chi connectivity index (χ0) is 14.1. The Morgan fingerprint density at radius 2 is 2.30 bits per heavy atom. The number of benzene rings is 1. The Hall–Kier alpha value is -1.43. The molecule has 2 unspecified atom stereocenters. The summed E-state index contributed by atoms with van der Waals surface area (Å²) in [6, 6.07) is 4.46. The SMILES string of the molecule is Cc1c(C(NN)C2CCCOC2)oc2ccc(F)cc12. The van der Waals surface area contributed by atoms with E-state index in [0.717, 1.165) is 36.2 Å². The highest BCUT2D eigenvalue weighted by atomic mass is 19.1. The molecule has 0 amide bonds. The minimum absolute atomic E-state index is 0.106. The maximum absolute atomic E-state index is 13.4. The van der Waals surface area contributed by atoms with Crippen LogP contribution in [0, 0.1) is 18.7 Å². The van der Waals surface area contributed by atoms with Crippen LogP contribution in [0.5, 0.6) is 0 Å². The molecule has 108 valence electrons. The Morgan fingerprint density at radius 1 is 1.45 bits per heavy atom. The molecule has 2 atom stereocenters. The van der Waals surface area contributed by atoms with Gasteiger partial charge in [0.05, 0.1) is 12.6 Å². The average molecular weight is 278 g/mol. The molecule has 1 aliphatic rings. The highest BCUT2D eigenvalue weighted by Crippen LogP contribution is 2.35. The normalized spacial score (nSPS) is 21.2. The van der Waals surface area contributed by atoms with Crippen LogP contribution in [0.25, 0.3) is 11.0 Å². The molecule has 3 N–H and O–H groups in total. The van der Waals surface area contributed by atoms with Crippen molar-refractivity contribution in [1.29, 1.82) is 0 Å². The number of hydrogen-bond donors (Lipinski definition) is 2. The highest BCUT2D eigenvalue weighted by Gasteiger charge is 2.29. The summed E-state index contributed by atoms with van der Waals surface area (Å²) >= 11 is 0. The molecule has 3 rings (SSSR count). The first kappa shape index (κ1) is 13.5. The van der Waals surface area contributed by atoms with E-state index >= 15 is 0 Å². The molecule has 4 nitrogen and oxygen atoms in total. The van der Waals surface area contributed by atoms with Crippen molar-refractivity contribution in [2.45, 2.75) is 25.8 Å². The van der Waals surface area contributed by atoms with Crippen LogP contribution in [-0.2, 0) is 4.74 Å². The fraction of sp³-hybridized carbons (Fsp3) is 0.467. The summed E-state index contributed by atoms with van der Waals surface area (Å²) < 4.78 is 24.8. The standard InChI is InChI=1S/C15H19FN2O2/c1-9-12-7-11(16)4-5-13(12)20-15(9)14(18-17)10-3-2-6-19-8-10/h4-5,7,10,14,18H,2-3,6,8,17H2,1H3. The molecule has 1 aliphatic heterocycles. The smallest absolute Gasteiger partial charge is 0.134 e. The van der Waals surface area contributed by atoms with E-state index in [9.17, 15) is 4.39 Å². The largest absolute Gasteiger partial charge is 0.459 e. The lowest BCUT2D eigenvalue weighted by Crippen LogP contribution is -2.37. The topological polar surface area (TPSA) is 60.4 Å². The van der Waals surface area contributed by atoms with Gasteiger partial charge in [0, 0.05) is 23.5 Å². The third-order valence-electron chi connectivity index (χ3n) is 4.06. The lowest BCUT2D eigenvalue weighted by molar-refractivity contribution is 0.0357. The molecule has 0 spiro atoms. The molecule has 0 aliphatic carbocycles. The summed E-state index contributed by atoms with van der Waals surface area (Å²) in [5.74, 6) is 6.52. The van der Waals surface area contributed by atoms with Gasteiger partial charge in [-0.15, -0.1) is 0 Å². The highest BCUT2D eigenvalue weighted by molar-refractivity contribution is 5.82. The predicted molar refractivity (Wildman–Crippen MR) is 74.5 cm³/mol. The molecule has 2 heterocycles. The molecule has 1 aromatic heterocycles. The van der Waals surface area contributed by atoms with E-state index in [0.29, 0.717) is 12.2 Å². The van der Waals surface area contributed by atoms with E-state index < -0.39 is 0 Å². The van der Waals surface area contributed by atoms with Gasteiger partial charge in [-0.05, 0) is 38.0 Å². The maximum atomic E-state index is 13.4. The van der Waals surface area contributed by atoms with Gasteiger partial charge in [0.15, 0.2) is 0 Å². The number of aryl methyl sites for hydroxylation is 1. The predicted octanol–water partition coefficient (Wildman–Crippen LogP) is 2.81. The van der Waals surface area contributed by atoms with Crippen LogP contribution in [-0.4, -0.2) is 13.2 Å². The zero-order valence-electron chi connectivity index (χ0n) is 11.5. The Morgan fingerprint density at radius 3 is 3.00 bits per heavy atom. The van der Waals surface area contributed by atoms with E-state index in [2.05, 4.69) is 5.43 Å². The van der Waals surface area contributed by atoms with Gasteiger partial charge >= 0.3 is 0 Å². The minimum atomic E-state index is -0.258. The molecule has 1 fully saturated rings. The number of rotatable bonds is 3. The number of fused-ring (bicyclic) bond motifs is 1. The van der Waals surface area contributed by atoms with Crippen LogP contribution in [0.3, 0.4) is 0 Å². The van der Waals surface area contributed by atoms with Gasteiger partial charge in [-0.1, -0.05) is 0 Å². The van der Waals surface area contributed by atoms with Gasteiger partial charge in [0.25, 0.3) is 0 Å². The van der Waals surface area contributed by atoms with Gasteiger partial charge in [-0.3, -0.25) is 5.84 Å². The number of nitrogens with one attached hydrogen (secondary N) is 1.